The highest BCUT2D eigenvalue weighted by molar-refractivity contribution is 7.93. The Morgan fingerprint density at radius 3 is 2.68 bits per heavy atom. The van der Waals surface area contributed by atoms with E-state index in [-0.39, 0.29) is 27.6 Å². The van der Waals surface area contributed by atoms with Crippen LogP contribution in [-0.2, 0) is 10.0 Å². The van der Waals surface area contributed by atoms with Crippen LogP contribution in [0.15, 0.2) is 59.6 Å². The van der Waals surface area contributed by atoms with Gasteiger partial charge >= 0.3 is 0 Å². The van der Waals surface area contributed by atoms with Crippen LogP contribution in [0, 0.1) is 5.92 Å². The fourth-order valence-electron chi connectivity index (χ4n) is 4.58. The number of nitrogens with zero attached hydrogens (tertiary/aromatic N) is 3. The number of rotatable bonds is 6. The lowest BCUT2D eigenvalue weighted by molar-refractivity contribution is 0.0482. The summed E-state index contributed by atoms with van der Waals surface area (Å²) < 4.78 is 28.7. The molecule has 1 aliphatic heterocycles. The van der Waals surface area contributed by atoms with E-state index in [4.69, 9.17) is 11.6 Å². The highest BCUT2D eigenvalue weighted by Gasteiger charge is 2.32. The van der Waals surface area contributed by atoms with Crippen LogP contribution in [0.1, 0.15) is 30.1 Å². The number of anilines is 1. The largest absolute Gasteiger partial charge is 0.333 e. The van der Waals surface area contributed by atoms with Gasteiger partial charge in [-0.25, -0.2) is 8.42 Å². The van der Waals surface area contributed by atoms with Crippen LogP contribution in [0.2, 0.25) is 5.02 Å². The topological polar surface area (TPSA) is 82.6 Å². The summed E-state index contributed by atoms with van der Waals surface area (Å²) in [7, 11) is -3.90. The lowest BCUT2D eigenvalue weighted by Crippen LogP contribution is -2.54. The van der Waals surface area contributed by atoms with Crippen LogP contribution in [0.3, 0.4) is 0 Å². The van der Waals surface area contributed by atoms with E-state index in [0.29, 0.717) is 17.6 Å². The average Bonchev–Trinajstić information content (AvgIpc) is 3.62. The second-order valence-corrected chi connectivity index (χ2v) is 11.2. The molecule has 34 heavy (non-hydrogen) atoms. The number of sulfonamides is 1. The van der Waals surface area contributed by atoms with Gasteiger partial charge in [-0.1, -0.05) is 29.8 Å². The van der Waals surface area contributed by atoms with E-state index in [2.05, 4.69) is 21.5 Å². The van der Waals surface area contributed by atoms with E-state index in [1.54, 1.807) is 30.5 Å². The molecule has 2 aromatic carbocycles. The van der Waals surface area contributed by atoms with Gasteiger partial charge < -0.3 is 4.90 Å². The van der Waals surface area contributed by atoms with Crippen molar-refractivity contribution in [3.63, 3.8) is 0 Å². The monoisotopic (exact) mass is 498 g/mol. The fourth-order valence-corrected chi connectivity index (χ4v) is 6.07. The summed E-state index contributed by atoms with van der Waals surface area (Å²) in [4.78, 5) is 21.8. The van der Waals surface area contributed by atoms with Gasteiger partial charge in [0.15, 0.2) is 0 Å². The number of para-hydroxylation sites is 1. The van der Waals surface area contributed by atoms with Gasteiger partial charge in [-0.05, 0) is 56.0 Å². The molecular formula is C25H27ClN4O3S. The zero-order valence-electron chi connectivity index (χ0n) is 18.9. The number of fused-ring (bicyclic) bond motifs is 1. The summed E-state index contributed by atoms with van der Waals surface area (Å²) in [5.41, 5.74) is 1.06. The van der Waals surface area contributed by atoms with Crippen LogP contribution >= 0.6 is 11.6 Å². The first-order valence-corrected chi connectivity index (χ1v) is 13.4. The summed E-state index contributed by atoms with van der Waals surface area (Å²) in [6, 6.07) is 13.3. The van der Waals surface area contributed by atoms with E-state index in [1.165, 1.54) is 25.0 Å². The first kappa shape index (κ1) is 23.1. The molecule has 1 saturated carbocycles. The summed E-state index contributed by atoms with van der Waals surface area (Å²) in [5, 5.41) is 0.949. The minimum atomic E-state index is -3.90. The number of amides is 1. The molecule has 0 unspecified atom stereocenters. The maximum Gasteiger partial charge on any atom is 0.264 e. The molecule has 1 aliphatic carbocycles. The van der Waals surface area contributed by atoms with Crippen molar-refractivity contribution in [3.8, 4) is 0 Å². The predicted octanol–water partition coefficient (Wildman–Crippen LogP) is 4.25. The molecule has 178 valence electrons. The Morgan fingerprint density at radius 1 is 1.15 bits per heavy atom. The highest BCUT2D eigenvalue weighted by Crippen LogP contribution is 2.31. The second kappa shape index (κ2) is 9.17. The standard InChI is InChI=1S/C25H27ClN4O3S/c1-17-15-29(16-18-7-8-18)12-13-30(17)25(31)21-10-9-20(14-22(21)26)28-34(32,33)23-6-2-4-19-5-3-11-27-24(19)23/h2-6,9-11,14,17-18,28H,7-8,12-13,15-16H2,1H3/t17-/m0/s1. The van der Waals surface area contributed by atoms with E-state index >= 15 is 0 Å². The molecule has 2 fully saturated rings. The molecular weight excluding hydrogens is 472 g/mol. The van der Waals surface area contributed by atoms with Crippen LogP contribution in [-0.4, -0.2) is 61.3 Å². The van der Waals surface area contributed by atoms with Gasteiger partial charge in [-0.15, -0.1) is 0 Å². The Labute approximate surface area is 204 Å². The minimum Gasteiger partial charge on any atom is -0.333 e. The fraction of sp³-hybridized carbons (Fsp3) is 0.360. The molecule has 3 aromatic rings. The first-order valence-electron chi connectivity index (χ1n) is 11.5. The van der Waals surface area contributed by atoms with E-state index in [0.717, 1.165) is 30.9 Å². The normalized spacial score (nSPS) is 19.4. The third-order valence-corrected chi connectivity index (χ3v) is 8.25. The summed E-state index contributed by atoms with van der Waals surface area (Å²) in [6.45, 7) is 5.56. The van der Waals surface area contributed by atoms with Crippen molar-refractivity contribution in [1.29, 1.82) is 0 Å². The van der Waals surface area contributed by atoms with Crippen molar-refractivity contribution in [3.05, 3.63) is 65.3 Å². The Bertz CT molecular complexity index is 1340. The Morgan fingerprint density at radius 2 is 1.94 bits per heavy atom. The number of pyridine rings is 1. The molecule has 2 heterocycles. The van der Waals surface area contributed by atoms with E-state index < -0.39 is 10.0 Å². The number of carbonyl (C=O) groups excluding carboxylic acids is 1. The average molecular weight is 499 g/mol. The lowest BCUT2D eigenvalue weighted by Gasteiger charge is -2.40. The lowest BCUT2D eigenvalue weighted by atomic mass is 10.1. The molecule has 0 bridgehead atoms. The quantitative estimate of drug-likeness (QED) is 0.549. The molecule has 9 heteroatoms. The summed E-state index contributed by atoms with van der Waals surface area (Å²) in [6.07, 6.45) is 4.19. The van der Waals surface area contributed by atoms with Crippen molar-refractivity contribution in [1.82, 2.24) is 14.8 Å². The molecule has 0 spiro atoms. The highest BCUT2D eigenvalue weighted by atomic mass is 35.5. The smallest absolute Gasteiger partial charge is 0.264 e. The molecule has 5 rings (SSSR count). The maximum atomic E-state index is 13.2. The second-order valence-electron chi connectivity index (χ2n) is 9.18. The van der Waals surface area contributed by atoms with Gasteiger partial charge in [0.1, 0.15) is 4.90 Å². The molecule has 7 nitrogen and oxygen atoms in total. The number of nitrogens with one attached hydrogen (secondary N) is 1. The number of hydrogen-bond acceptors (Lipinski definition) is 5. The molecule has 1 atom stereocenters. The van der Waals surface area contributed by atoms with E-state index in [9.17, 15) is 13.2 Å². The van der Waals surface area contributed by atoms with Crippen molar-refractivity contribution >= 4 is 44.1 Å². The Balaban J connectivity index is 1.32. The van der Waals surface area contributed by atoms with Crippen molar-refractivity contribution in [2.45, 2.75) is 30.7 Å². The van der Waals surface area contributed by atoms with Gasteiger partial charge in [0.2, 0.25) is 0 Å². The molecule has 1 N–H and O–H groups in total. The molecule has 2 aliphatic rings. The minimum absolute atomic E-state index is 0.0831. The van der Waals surface area contributed by atoms with Crippen LogP contribution in [0.4, 0.5) is 5.69 Å². The summed E-state index contributed by atoms with van der Waals surface area (Å²) in [5.74, 6) is 0.695. The number of aromatic nitrogens is 1. The third kappa shape index (κ3) is 4.76. The number of benzene rings is 2. The van der Waals surface area contributed by atoms with Gasteiger partial charge in [-0.3, -0.25) is 19.4 Å². The van der Waals surface area contributed by atoms with E-state index in [1.807, 2.05) is 17.0 Å². The molecule has 1 aromatic heterocycles. The SMILES string of the molecule is C[C@H]1CN(CC2CC2)CCN1C(=O)c1ccc(NS(=O)(=O)c2cccc3cccnc23)cc1Cl. The molecule has 0 radical (unpaired) electrons. The zero-order valence-corrected chi connectivity index (χ0v) is 20.5. The first-order chi connectivity index (χ1) is 16.3. The van der Waals surface area contributed by atoms with Crippen LogP contribution < -0.4 is 4.72 Å². The van der Waals surface area contributed by atoms with Crippen molar-refractivity contribution in [2.75, 3.05) is 30.9 Å². The predicted molar refractivity (Wildman–Crippen MR) is 134 cm³/mol. The summed E-state index contributed by atoms with van der Waals surface area (Å²) >= 11 is 6.46. The maximum absolute atomic E-state index is 13.2. The van der Waals surface area contributed by atoms with Gasteiger partial charge in [0.05, 0.1) is 21.8 Å². The number of carbonyl (C=O) groups is 1. The number of hydrogen-bond donors (Lipinski definition) is 1. The number of piperazine rings is 1. The van der Waals surface area contributed by atoms with Gasteiger partial charge in [0.25, 0.3) is 15.9 Å². The van der Waals surface area contributed by atoms with Crippen molar-refractivity contribution in [2.24, 2.45) is 5.92 Å². The van der Waals surface area contributed by atoms with Crippen molar-refractivity contribution < 1.29 is 13.2 Å². The van der Waals surface area contributed by atoms with Crippen LogP contribution in [0.25, 0.3) is 10.9 Å². The molecule has 1 saturated heterocycles. The van der Waals surface area contributed by atoms with Gasteiger partial charge in [-0.2, -0.15) is 0 Å². The van der Waals surface area contributed by atoms with Crippen LogP contribution in [0.5, 0.6) is 0 Å². The zero-order chi connectivity index (χ0) is 23.9. The number of halogens is 1. The molecule has 1 amide bonds. The Kier molecular flexibility index (Phi) is 6.22. The third-order valence-electron chi connectivity index (χ3n) is 6.52. The van der Waals surface area contributed by atoms with Gasteiger partial charge in [0, 0.05) is 43.8 Å². The Hall–Kier alpha value is -2.68.